The highest BCUT2D eigenvalue weighted by molar-refractivity contribution is 6.08. The van der Waals surface area contributed by atoms with Gasteiger partial charge in [-0.05, 0) is 25.0 Å². The lowest BCUT2D eigenvalue weighted by Crippen LogP contribution is -2.29. The number of carbonyl (C=O) groups excluding carboxylic acids is 2. The van der Waals surface area contributed by atoms with E-state index in [0.29, 0.717) is 13.1 Å². The minimum absolute atomic E-state index is 0.0673. The van der Waals surface area contributed by atoms with Gasteiger partial charge in [-0.1, -0.05) is 12.8 Å². The number of nitrogens with zero attached hydrogens (tertiary/aromatic N) is 3. The van der Waals surface area contributed by atoms with Gasteiger partial charge in [0.25, 0.3) is 5.91 Å². The smallest absolute Gasteiger partial charge is 0.366 e. The average Bonchev–Trinajstić information content (AvgIpc) is 2.96. The number of amides is 2. The van der Waals surface area contributed by atoms with Crippen LogP contribution in [0.2, 0.25) is 0 Å². The summed E-state index contributed by atoms with van der Waals surface area (Å²) in [6.07, 6.45) is 2.39. The molecule has 0 atom stereocenters. The van der Waals surface area contributed by atoms with E-state index in [1.54, 1.807) is 0 Å². The average molecular weight is 407 g/mol. The summed E-state index contributed by atoms with van der Waals surface area (Å²) >= 11 is 0. The number of hydrogen-bond donors (Lipinski definition) is 2. The van der Waals surface area contributed by atoms with E-state index in [0.717, 1.165) is 37.9 Å². The standard InChI is InChI=1S/C19H20F3N5O2/c20-19(21,22)13-8-15(17(25-10-13)27-5-3-1-2-4-6-27)18(29)26-14-7-12(16(23)28)9-24-11-14/h7-11H,1-6H2,(H2,23,28)(H,26,29). The van der Waals surface area contributed by atoms with Gasteiger partial charge >= 0.3 is 6.18 Å². The highest BCUT2D eigenvalue weighted by atomic mass is 19.4. The van der Waals surface area contributed by atoms with Crippen LogP contribution in [0.1, 0.15) is 52.0 Å². The van der Waals surface area contributed by atoms with Gasteiger partial charge in [-0.2, -0.15) is 13.2 Å². The van der Waals surface area contributed by atoms with Gasteiger partial charge < -0.3 is 16.0 Å². The molecule has 1 aliphatic rings. The van der Waals surface area contributed by atoms with Crippen LogP contribution in [0.25, 0.3) is 0 Å². The van der Waals surface area contributed by atoms with Crippen LogP contribution < -0.4 is 16.0 Å². The normalized spacial score (nSPS) is 14.9. The number of nitrogens with two attached hydrogens (primary N) is 1. The molecule has 29 heavy (non-hydrogen) atoms. The van der Waals surface area contributed by atoms with Crippen molar-refractivity contribution in [2.45, 2.75) is 31.9 Å². The quantitative estimate of drug-likeness (QED) is 0.810. The number of nitrogens with one attached hydrogen (secondary N) is 1. The van der Waals surface area contributed by atoms with Gasteiger partial charge in [0.1, 0.15) is 5.82 Å². The zero-order chi connectivity index (χ0) is 21.0. The van der Waals surface area contributed by atoms with Crippen LogP contribution in [0, 0.1) is 0 Å². The van der Waals surface area contributed by atoms with Crippen molar-refractivity contribution in [2.75, 3.05) is 23.3 Å². The van der Waals surface area contributed by atoms with Crippen LogP contribution in [-0.4, -0.2) is 34.9 Å². The molecule has 3 N–H and O–H groups in total. The Kier molecular flexibility index (Phi) is 6.00. The van der Waals surface area contributed by atoms with Crippen molar-refractivity contribution in [2.24, 2.45) is 5.73 Å². The van der Waals surface area contributed by atoms with Gasteiger partial charge in [-0.3, -0.25) is 14.6 Å². The molecule has 0 radical (unpaired) electrons. The number of rotatable bonds is 4. The molecule has 1 aliphatic heterocycles. The summed E-state index contributed by atoms with van der Waals surface area (Å²) in [6.45, 7) is 1.22. The molecule has 0 aliphatic carbocycles. The minimum atomic E-state index is -4.63. The molecule has 0 bridgehead atoms. The Morgan fingerprint density at radius 3 is 2.34 bits per heavy atom. The van der Waals surface area contributed by atoms with Crippen molar-refractivity contribution in [3.63, 3.8) is 0 Å². The van der Waals surface area contributed by atoms with Crippen LogP contribution in [0.3, 0.4) is 0 Å². The molecule has 154 valence electrons. The van der Waals surface area contributed by atoms with Gasteiger partial charge in [0.15, 0.2) is 0 Å². The summed E-state index contributed by atoms with van der Waals surface area (Å²) < 4.78 is 39.6. The van der Waals surface area contributed by atoms with E-state index in [-0.39, 0.29) is 22.6 Å². The van der Waals surface area contributed by atoms with Gasteiger partial charge in [-0.25, -0.2) is 4.98 Å². The molecule has 2 aromatic rings. The fourth-order valence-corrected chi connectivity index (χ4v) is 3.16. The second-order valence-electron chi connectivity index (χ2n) is 6.77. The number of primary amides is 1. The second kappa shape index (κ2) is 8.46. The molecule has 2 aromatic heterocycles. The molecule has 3 rings (SSSR count). The van der Waals surface area contributed by atoms with E-state index in [1.807, 2.05) is 4.90 Å². The van der Waals surface area contributed by atoms with Gasteiger partial charge in [0.05, 0.1) is 28.6 Å². The maximum atomic E-state index is 13.2. The number of alkyl halides is 3. The SMILES string of the molecule is NC(=O)c1cncc(NC(=O)c2cc(C(F)(F)F)cnc2N2CCCCCC2)c1. The predicted molar refractivity (Wildman–Crippen MR) is 101 cm³/mol. The van der Waals surface area contributed by atoms with E-state index in [4.69, 9.17) is 5.73 Å². The minimum Gasteiger partial charge on any atom is -0.366 e. The molecule has 7 nitrogen and oxygen atoms in total. The first-order chi connectivity index (χ1) is 13.8. The number of hydrogen-bond acceptors (Lipinski definition) is 5. The second-order valence-corrected chi connectivity index (χ2v) is 6.77. The molecule has 1 fully saturated rings. The molecule has 0 aromatic carbocycles. The number of pyridine rings is 2. The Morgan fingerprint density at radius 2 is 1.72 bits per heavy atom. The van der Waals surface area contributed by atoms with Crippen molar-refractivity contribution in [1.82, 2.24) is 9.97 Å². The zero-order valence-corrected chi connectivity index (χ0v) is 15.5. The van der Waals surface area contributed by atoms with Crippen LogP contribution in [0.5, 0.6) is 0 Å². The van der Waals surface area contributed by atoms with Gasteiger partial charge in [0.2, 0.25) is 5.91 Å². The van der Waals surface area contributed by atoms with E-state index in [2.05, 4.69) is 15.3 Å². The molecule has 0 saturated carbocycles. The lowest BCUT2D eigenvalue weighted by atomic mass is 10.1. The molecular weight excluding hydrogens is 387 g/mol. The van der Waals surface area contributed by atoms with Crippen molar-refractivity contribution in [3.05, 3.63) is 47.4 Å². The summed E-state index contributed by atoms with van der Waals surface area (Å²) in [7, 11) is 0. The monoisotopic (exact) mass is 407 g/mol. The molecule has 1 saturated heterocycles. The summed E-state index contributed by atoms with van der Waals surface area (Å²) in [6, 6.07) is 2.10. The maximum Gasteiger partial charge on any atom is 0.417 e. The summed E-state index contributed by atoms with van der Waals surface area (Å²) in [4.78, 5) is 33.7. The van der Waals surface area contributed by atoms with Crippen molar-refractivity contribution in [1.29, 1.82) is 0 Å². The van der Waals surface area contributed by atoms with E-state index < -0.39 is 23.6 Å². The molecular formula is C19H20F3N5O2. The molecule has 0 unspecified atom stereocenters. The van der Waals surface area contributed by atoms with E-state index >= 15 is 0 Å². The van der Waals surface area contributed by atoms with Gasteiger partial charge in [0, 0.05) is 25.5 Å². The Morgan fingerprint density at radius 1 is 1.03 bits per heavy atom. The first-order valence-electron chi connectivity index (χ1n) is 9.14. The van der Waals surface area contributed by atoms with Crippen LogP contribution in [-0.2, 0) is 6.18 Å². The Labute approximate surface area is 165 Å². The topological polar surface area (TPSA) is 101 Å². The lowest BCUT2D eigenvalue weighted by molar-refractivity contribution is -0.137. The fourth-order valence-electron chi connectivity index (χ4n) is 3.16. The zero-order valence-electron chi connectivity index (χ0n) is 15.5. The van der Waals surface area contributed by atoms with Crippen LogP contribution >= 0.6 is 0 Å². The van der Waals surface area contributed by atoms with Crippen molar-refractivity contribution >= 4 is 23.3 Å². The Bertz CT molecular complexity index is 909. The third kappa shape index (κ3) is 5.01. The third-order valence-electron chi connectivity index (χ3n) is 4.62. The maximum absolute atomic E-state index is 13.2. The number of halogens is 3. The molecule has 3 heterocycles. The summed E-state index contributed by atoms with van der Waals surface area (Å²) in [5.41, 5.74) is 4.21. The molecule has 2 amide bonds. The van der Waals surface area contributed by atoms with Crippen LogP contribution in [0.15, 0.2) is 30.7 Å². The lowest BCUT2D eigenvalue weighted by Gasteiger charge is -2.24. The van der Waals surface area contributed by atoms with Crippen molar-refractivity contribution in [3.8, 4) is 0 Å². The first kappa shape index (κ1) is 20.6. The number of anilines is 2. The summed E-state index contributed by atoms with van der Waals surface area (Å²) in [5, 5.41) is 2.48. The Balaban J connectivity index is 1.96. The van der Waals surface area contributed by atoms with Gasteiger partial charge in [-0.15, -0.1) is 0 Å². The molecule has 10 heteroatoms. The summed E-state index contributed by atoms with van der Waals surface area (Å²) in [5.74, 6) is -1.30. The molecule has 0 spiro atoms. The van der Waals surface area contributed by atoms with E-state index in [9.17, 15) is 22.8 Å². The number of carbonyl (C=O) groups is 2. The number of aromatic nitrogens is 2. The fraction of sp³-hybridized carbons (Fsp3) is 0.368. The third-order valence-corrected chi connectivity index (χ3v) is 4.62. The Hall–Kier alpha value is -3.17. The highest BCUT2D eigenvalue weighted by Gasteiger charge is 2.33. The predicted octanol–water partition coefficient (Wildman–Crippen LogP) is 3.23. The first-order valence-corrected chi connectivity index (χ1v) is 9.14. The largest absolute Gasteiger partial charge is 0.417 e. The highest BCUT2D eigenvalue weighted by Crippen LogP contribution is 2.32. The van der Waals surface area contributed by atoms with Crippen molar-refractivity contribution < 1.29 is 22.8 Å². The van der Waals surface area contributed by atoms with Crippen LogP contribution in [0.4, 0.5) is 24.7 Å². The van der Waals surface area contributed by atoms with E-state index in [1.165, 1.54) is 18.5 Å².